The molecule has 0 amide bonds. The third-order valence-electron chi connectivity index (χ3n) is 4.53. The zero-order valence-corrected chi connectivity index (χ0v) is 16.2. The van der Waals surface area contributed by atoms with E-state index in [0.717, 1.165) is 19.1 Å². The maximum atomic E-state index is 13.4. The molecule has 0 saturated carbocycles. The molecule has 1 aliphatic heterocycles. The van der Waals surface area contributed by atoms with Gasteiger partial charge in [-0.25, -0.2) is 4.39 Å². The Kier molecular flexibility index (Phi) is 12.7. The molecule has 1 aliphatic carbocycles. The van der Waals surface area contributed by atoms with Gasteiger partial charge in [0.1, 0.15) is 5.82 Å². The van der Waals surface area contributed by atoms with Crippen molar-refractivity contribution in [2.75, 3.05) is 26.8 Å². The normalized spacial score (nSPS) is 19.6. The lowest BCUT2D eigenvalue weighted by Gasteiger charge is -2.21. The number of benzene rings is 1. The maximum absolute atomic E-state index is 13.4. The van der Waals surface area contributed by atoms with Crippen LogP contribution in [0.25, 0.3) is 0 Å². The van der Waals surface area contributed by atoms with Crippen molar-refractivity contribution in [3.05, 3.63) is 60.0 Å². The van der Waals surface area contributed by atoms with Gasteiger partial charge in [-0.2, -0.15) is 0 Å². The van der Waals surface area contributed by atoms with Crippen molar-refractivity contribution in [3.8, 4) is 0 Å². The average molecular weight is 364 g/mol. The van der Waals surface area contributed by atoms with Gasteiger partial charge >= 0.3 is 0 Å². The average Bonchev–Trinajstić information content (AvgIpc) is 2.73. The molecular weight excluding hydrogens is 329 g/mol. The molecule has 146 valence electrons. The van der Waals surface area contributed by atoms with Crippen LogP contribution in [0, 0.1) is 11.7 Å². The third kappa shape index (κ3) is 9.27. The topological polar surface area (TPSA) is 41.5 Å². The number of hydrogen-bond acceptors (Lipinski definition) is 3. The summed E-state index contributed by atoms with van der Waals surface area (Å²) in [7, 11) is 1.00. The molecular formula is C22H34FNO2. The number of aliphatic hydroxyl groups is 1. The summed E-state index contributed by atoms with van der Waals surface area (Å²) in [5.74, 6) is 0.296. The van der Waals surface area contributed by atoms with Gasteiger partial charge in [0.15, 0.2) is 0 Å². The highest BCUT2D eigenvalue weighted by Crippen LogP contribution is 2.18. The van der Waals surface area contributed by atoms with E-state index in [4.69, 9.17) is 9.84 Å². The van der Waals surface area contributed by atoms with Crippen molar-refractivity contribution in [3.63, 3.8) is 0 Å². The second-order valence-corrected chi connectivity index (χ2v) is 6.44. The number of hydrogen-bond donors (Lipinski definition) is 2. The first-order valence-corrected chi connectivity index (χ1v) is 9.61. The second kappa shape index (κ2) is 14.7. The molecule has 0 bridgehead atoms. The molecule has 4 heteroatoms. The van der Waals surface area contributed by atoms with Crippen LogP contribution in [0.4, 0.5) is 4.39 Å². The van der Waals surface area contributed by atoms with Crippen molar-refractivity contribution in [2.24, 2.45) is 5.92 Å². The van der Waals surface area contributed by atoms with Gasteiger partial charge in [-0.3, -0.25) is 0 Å². The highest BCUT2D eigenvalue weighted by atomic mass is 19.1. The van der Waals surface area contributed by atoms with Crippen LogP contribution in [0.5, 0.6) is 0 Å². The van der Waals surface area contributed by atoms with Gasteiger partial charge in [-0.15, -0.1) is 0 Å². The molecule has 0 spiro atoms. The Hall–Kier alpha value is -1.49. The Bertz CT molecular complexity index is 515. The molecule has 2 aliphatic rings. The molecule has 0 aromatic heterocycles. The van der Waals surface area contributed by atoms with E-state index >= 15 is 0 Å². The van der Waals surface area contributed by atoms with E-state index in [1.54, 1.807) is 6.07 Å². The van der Waals surface area contributed by atoms with E-state index in [2.05, 4.69) is 36.5 Å². The minimum atomic E-state index is -0.144. The molecule has 1 saturated heterocycles. The Labute approximate surface area is 158 Å². The molecule has 1 aromatic carbocycles. The quantitative estimate of drug-likeness (QED) is 0.821. The predicted octanol–water partition coefficient (Wildman–Crippen LogP) is 4.27. The van der Waals surface area contributed by atoms with Gasteiger partial charge in [0.25, 0.3) is 0 Å². The lowest BCUT2D eigenvalue weighted by atomic mass is 9.96. The molecule has 2 unspecified atom stereocenters. The Balaban J connectivity index is 0.000000353. The third-order valence-corrected chi connectivity index (χ3v) is 4.53. The number of ether oxygens (including phenoxy) is 1. The zero-order chi connectivity index (χ0) is 19.0. The summed E-state index contributed by atoms with van der Waals surface area (Å²) < 4.78 is 19.2. The summed E-state index contributed by atoms with van der Waals surface area (Å²) in [5.41, 5.74) is 0.726. The highest BCUT2D eigenvalue weighted by molar-refractivity contribution is 5.17. The molecule has 0 radical (unpaired) electrons. The van der Waals surface area contributed by atoms with Crippen molar-refractivity contribution < 1.29 is 14.2 Å². The fraction of sp³-hybridized carbons (Fsp3) is 0.545. The summed E-state index contributed by atoms with van der Waals surface area (Å²) in [6.45, 7) is 5.14. The Morgan fingerprint density at radius 3 is 2.42 bits per heavy atom. The van der Waals surface area contributed by atoms with Crippen LogP contribution in [0.1, 0.15) is 38.2 Å². The summed E-state index contributed by atoms with van der Waals surface area (Å²) in [6.07, 6.45) is 14.5. The molecule has 2 atom stereocenters. The lowest BCUT2D eigenvalue weighted by molar-refractivity contribution is 0.0405. The van der Waals surface area contributed by atoms with Gasteiger partial charge in [-0.1, -0.05) is 48.9 Å². The first kappa shape index (κ1) is 22.6. The van der Waals surface area contributed by atoms with E-state index in [9.17, 15) is 4.39 Å². The van der Waals surface area contributed by atoms with Crippen molar-refractivity contribution in [1.82, 2.24) is 5.32 Å². The number of aliphatic hydroxyl groups excluding tert-OH is 1. The van der Waals surface area contributed by atoms with Crippen LogP contribution in [-0.2, 0) is 11.2 Å². The largest absolute Gasteiger partial charge is 0.400 e. The van der Waals surface area contributed by atoms with Crippen molar-refractivity contribution in [1.29, 1.82) is 0 Å². The Morgan fingerprint density at radius 1 is 1.15 bits per heavy atom. The summed E-state index contributed by atoms with van der Waals surface area (Å²) in [4.78, 5) is 0. The van der Waals surface area contributed by atoms with Gasteiger partial charge < -0.3 is 15.2 Å². The second-order valence-electron chi connectivity index (χ2n) is 6.44. The SMILES string of the molecule is C1CCNCC1.CC(OCCc1ccccc1F)C1C=CC=CC1.CO. The van der Waals surface area contributed by atoms with E-state index in [1.807, 2.05) is 12.1 Å². The van der Waals surface area contributed by atoms with Crippen LogP contribution < -0.4 is 5.32 Å². The van der Waals surface area contributed by atoms with E-state index < -0.39 is 0 Å². The fourth-order valence-electron chi connectivity index (χ4n) is 2.93. The van der Waals surface area contributed by atoms with Crippen molar-refractivity contribution in [2.45, 2.75) is 45.1 Å². The predicted molar refractivity (Wildman–Crippen MR) is 107 cm³/mol. The standard InChI is InChI=1S/C16H19FO.C5H11N.CH4O/c1-13(14-7-3-2-4-8-14)18-12-11-15-9-5-6-10-16(15)17;1-2-4-6-5-3-1;1-2/h2-7,9-10,13-14H,8,11-12H2,1H3;6H,1-5H2;2H,1H3. The minimum Gasteiger partial charge on any atom is -0.400 e. The molecule has 26 heavy (non-hydrogen) atoms. The summed E-state index contributed by atoms with van der Waals surface area (Å²) >= 11 is 0. The van der Waals surface area contributed by atoms with Crippen LogP contribution in [0.15, 0.2) is 48.6 Å². The van der Waals surface area contributed by atoms with E-state index in [0.29, 0.717) is 18.9 Å². The number of piperidine rings is 1. The molecule has 3 rings (SSSR count). The van der Waals surface area contributed by atoms with Crippen LogP contribution >= 0.6 is 0 Å². The van der Waals surface area contributed by atoms with Crippen LogP contribution in [0.2, 0.25) is 0 Å². The molecule has 1 fully saturated rings. The summed E-state index contributed by atoms with van der Waals surface area (Å²) in [6, 6.07) is 6.87. The van der Waals surface area contributed by atoms with E-state index in [1.165, 1.54) is 38.4 Å². The Morgan fingerprint density at radius 2 is 1.88 bits per heavy atom. The number of rotatable bonds is 5. The van der Waals surface area contributed by atoms with Gasteiger partial charge in [-0.05, 0) is 57.3 Å². The van der Waals surface area contributed by atoms with Crippen LogP contribution in [0.3, 0.4) is 0 Å². The number of halogens is 1. The van der Waals surface area contributed by atoms with Gasteiger partial charge in [0.05, 0.1) is 12.7 Å². The number of nitrogens with one attached hydrogen (secondary N) is 1. The van der Waals surface area contributed by atoms with Crippen LogP contribution in [-0.4, -0.2) is 38.0 Å². The first-order chi connectivity index (χ1) is 12.8. The summed E-state index contributed by atoms with van der Waals surface area (Å²) in [5, 5.41) is 10.3. The van der Waals surface area contributed by atoms with Crippen molar-refractivity contribution >= 4 is 0 Å². The number of allylic oxidation sites excluding steroid dienone is 3. The smallest absolute Gasteiger partial charge is 0.126 e. The lowest BCUT2D eigenvalue weighted by Crippen LogP contribution is -2.21. The monoisotopic (exact) mass is 363 g/mol. The molecule has 1 aromatic rings. The van der Waals surface area contributed by atoms with E-state index in [-0.39, 0.29) is 11.9 Å². The molecule has 3 nitrogen and oxygen atoms in total. The van der Waals surface area contributed by atoms with Gasteiger partial charge in [0.2, 0.25) is 0 Å². The first-order valence-electron chi connectivity index (χ1n) is 9.61. The molecule has 2 N–H and O–H groups in total. The highest BCUT2D eigenvalue weighted by Gasteiger charge is 2.15. The molecule has 1 heterocycles. The maximum Gasteiger partial charge on any atom is 0.126 e. The fourth-order valence-corrected chi connectivity index (χ4v) is 2.93. The zero-order valence-electron chi connectivity index (χ0n) is 16.2. The minimum absolute atomic E-state index is 0.144. The van der Waals surface area contributed by atoms with Gasteiger partial charge in [0, 0.05) is 13.0 Å².